The van der Waals surface area contributed by atoms with Gasteiger partial charge in [-0.25, -0.2) is 0 Å². The predicted molar refractivity (Wildman–Crippen MR) is 86.5 cm³/mol. The van der Waals surface area contributed by atoms with E-state index in [0.717, 1.165) is 45.7 Å². The van der Waals surface area contributed by atoms with Crippen molar-refractivity contribution in [3.8, 4) is 10.6 Å². The van der Waals surface area contributed by atoms with E-state index in [9.17, 15) is 0 Å². The van der Waals surface area contributed by atoms with Crippen molar-refractivity contribution in [1.29, 1.82) is 0 Å². The molecule has 1 aromatic carbocycles. The fourth-order valence-electron chi connectivity index (χ4n) is 1.78. The largest absolute Gasteiger partial charge is 0.316 e. The molecule has 20 heavy (non-hydrogen) atoms. The van der Waals surface area contributed by atoms with Crippen molar-refractivity contribution in [2.45, 2.75) is 27.2 Å². The van der Waals surface area contributed by atoms with Crippen LogP contribution < -0.4 is 5.32 Å². The second-order valence-corrected chi connectivity index (χ2v) is 6.78. The molecular formula is C15H20ClN3S. The average Bonchev–Trinajstić information content (AvgIpc) is 2.86. The minimum atomic E-state index is 0.676. The highest BCUT2D eigenvalue weighted by Crippen LogP contribution is 2.27. The summed E-state index contributed by atoms with van der Waals surface area (Å²) in [6.45, 7) is 8.40. The maximum absolute atomic E-state index is 6.15. The van der Waals surface area contributed by atoms with Crippen molar-refractivity contribution < 1.29 is 0 Å². The van der Waals surface area contributed by atoms with Crippen molar-refractivity contribution in [3.63, 3.8) is 0 Å². The number of halogens is 1. The number of aromatic nitrogens is 2. The number of aryl methyl sites for hydroxylation is 1. The first kappa shape index (κ1) is 15.4. The normalized spacial score (nSPS) is 11.2. The molecule has 2 rings (SSSR count). The molecule has 2 aromatic rings. The Bertz CT molecular complexity index is 566. The van der Waals surface area contributed by atoms with Gasteiger partial charge in [-0.3, -0.25) is 0 Å². The minimum absolute atomic E-state index is 0.676. The fraction of sp³-hybridized carbons (Fsp3) is 0.467. The third kappa shape index (κ3) is 4.27. The van der Waals surface area contributed by atoms with Crippen LogP contribution >= 0.6 is 22.9 Å². The molecule has 0 fully saturated rings. The lowest BCUT2D eigenvalue weighted by atomic mass is 10.2. The molecule has 108 valence electrons. The van der Waals surface area contributed by atoms with Gasteiger partial charge in [0.05, 0.1) is 0 Å². The van der Waals surface area contributed by atoms with E-state index in [1.807, 2.05) is 25.1 Å². The minimum Gasteiger partial charge on any atom is -0.316 e. The molecular weight excluding hydrogens is 290 g/mol. The molecule has 0 spiro atoms. The number of benzene rings is 1. The Balaban J connectivity index is 1.96. The Labute approximate surface area is 129 Å². The first-order chi connectivity index (χ1) is 9.56. The Morgan fingerprint density at radius 1 is 1.30 bits per heavy atom. The molecule has 0 radical (unpaired) electrons. The molecule has 1 aromatic heterocycles. The zero-order valence-electron chi connectivity index (χ0n) is 12.1. The molecule has 0 aliphatic carbocycles. The summed E-state index contributed by atoms with van der Waals surface area (Å²) in [6.07, 6.45) is 0.921. The molecule has 0 saturated heterocycles. The van der Waals surface area contributed by atoms with Gasteiger partial charge in [0, 0.05) is 23.6 Å². The van der Waals surface area contributed by atoms with Crippen LogP contribution in [0, 0.1) is 12.8 Å². The van der Waals surface area contributed by atoms with Gasteiger partial charge in [-0.05, 0) is 31.0 Å². The van der Waals surface area contributed by atoms with Crippen molar-refractivity contribution in [2.75, 3.05) is 13.1 Å². The van der Waals surface area contributed by atoms with Crippen LogP contribution in [0.5, 0.6) is 0 Å². The van der Waals surface area contributed by atoms with E-state index in [1.54, 1.807) is 11.3 Å². The first-order valence-corrected chi connectivity index (χ1v) is 8.05. The quantitative estimate of drug-likeness (QED) is 0.821. The van der Waals surface area contributed by atoms with Crippen LogP contribution in [-0.4, -0.2) is 23.3 Å². The van der Waals surface area contributed by atoms with Gasteiger partial charge in [0.1, 0.15) is 10.0 Å². The van der Waals surface area contributed by atoms with E-state index in [-0.39, 0.29) is 0 Å². The first-order valence-electron chi connectivity index (χ1n) is 6.86. The van der Waals surface area contributed by atoms with Gasteiger partial charge in [-0.2, -0.15) is 0 Å². The van der Waals surface area contributed by atoms with Gasteiger partial charge >= 0.3 is 0 Å². The Hall–Kier alpha value is -0.970. The lowest BCUT2D eigenvalue weighted by Gasteiger charge is -2.05. The van der Waals surface area contributed by atoms with Crippen LogP contribution in [0.3, 0.4) is 0 Å². The number of nitrogens with one attached hydrogen (secondary N) is 1. The highest BCUT2D eigenvalue weighted by molar-refractivity contribution is 7.14. The second kappa shape index (κ2) is 7.16. The van der Waals surface area contributed by atoms with E-state index in [2.05, 4.69) is 29.4 Å². The van der Waals surface area contributed by atoms with Gasteiger partial charge in [-0.1, -0.05) is 48.9 Å². The summed E-state index contributed by atoms with van der Waals surface area (Å²) in [7, 11) is 0. The third-order valence-electron chi connectivity index (χ3n) is 2.95. The molecule has 0 atom stereocenters. The summed E-state index contributed by atoms with van der Waals surface area (Å²) in [6, 6.07) is 6.02. The SMILES string of the molecule is Cc1ccc(-c2nnc(CCNCC(C)C)s2)cc1Cl. The maximum atomic E-state index is 6.15. The summed E-state index contributed by atoms with van der Waals surface area (Å²) >= 11 is 7.79. The van der Waals surface area contributed by atoms with E-state index < -0.39 is 0 Å². The van der Waals surface area contributed by atoms with E-state index in [4.69, 9.17) is 11.6 Å². The summed E-state index contributed by atoms with van der Waals surface area (Å²) in [5.74, 6) is 0.676. The van der Waals surface area contributed by atoms with Crippen LogP contribution in [0.1, 0.15) is 24.4 Å². The molecule has 0 aliphatic rings. The molecule has 3 nitrogen and oxygen atoms in total. The van der Waals surface area contributed by atoms with Crippen molar-refractivity contribution in [3.05, 3.63) is 33.8 Å². The number of rotatable bonds is 6. The van der Waals surface area contributed by atoms with Crippen LogP contribution in [-0.2, 0) is 6.42 Å². The predicted octanol–water partition coefficient (Wildman–Crippen LogP) is 3.96. The standard InChI is InChI=1S/C15H20ClN3S/c1-10(2)9-17-7-6-14-18-19-15(20-14)12-5-4-11(3)13(16)8-12/h4-5,8,10,17H,6-7,9H2,1-3H3. The zero-order valence-corrected chi connectivity index (χ0v) is 13.7. The molecule has 0 aliphatic heterocycles. The molecule has 0 unspecified atom stereocenters. The topological polar surface area (TPSA) is 37.8 Å². The molecule has 0 bridgehead atoms. The van der Waals surface area contributed by atoms with Gasteiger partial charge in [0.15, 0.2) is 0 Å². The van der Waals surface area contributed by atoms with E-state index in [0.29, 0.717) is 5.92 Å². The van der Waals surface area contributed by atoms with E-state index in [1.165, 1.54) is 0 Å². The lowest BCUT2D eigenvalue weighted by Crippen LogP contribution is -2.22. The maximum Gasteiger partial charge on any atom is 0.147 e. The Morgan fingerprint density at radius 2 is 2.10 bits per heavy atom. The monoisotopic (exact) mass is 309 g/mol. The second-order valence-electron chi connectivity index (χ2n) is 5.31. The van der Waals surface area contributed by atoms with Gasteiger partial charge in [-0.15, -0.1) is 10.2 Å². The van der Waals surface area contributed by atoms with Crippen LogP contribution in [0.4, 0.5) is 0 Å². The number of hydrogen-bond donors (Lipinski definition) is 1. The smallest absolute Gasteiger partial charge is 0.147 e. The summed E-state index contributed by atoms with van der Waals surface area (Å²) in [5, 5.41) is 14.7. The summed E-state index contributed by atoms with van der Waals surface area (Å²) in [4.78, 5) is 0. The van der Waals surface area contributed by atoms with Gasteiger partial charge in [0.25, 0.3) is 0 Å². The Kier molecular flexibility index (Phi) is 5.52. The van der Waals surface area contributed by atoms with Crippen molar-refractivity contribution in [2.24, 2.45) is 5.92 Å². The van der Waals surface area contributed by atoms with Crippen LogP contribution in [0.15, 0.2) is 18.2 Å². The summed E-state index contributed by atoms with van der Waals surface area (Å²) < 4.78 is 0. The van der Waals surface area contributed by atoms with E-state index >= 15 is 0 Å². The number of hydrogen-bond acceptors (Lipinski definition) is 4. The average molecular weight is 310 g/mol. The summed E-state index contributed by atoms with van der Waals surface area (Å²) in [5.41, 5.74) is 2.12. The molecule has 0 saturated carbocycles. The molecule has 1 heterocycles. The highest BCUT2D eigenvalue weighted by atomic mass is 35.5. The third-order valence-corrected chi connectivity index (χ3v) is 4.39. The molecule has 0 amide bonds. The Morgan fingerprint density at radius 3 is 2.80 bits per heavy atom. The zero-order chi connectivity index (χ0) is 14.5. The molecule has 5 heteroatoms. The van der Waals surface area contributed by atoms with Gasteiger partial charge in [0.2, 0.25) is 0 Å². The fourth-order valence-corrected chi connectivity index (χ4v) is 2.80. The van der Waals surface area contributed by atoms with Crippen LogP contribution in [0.2, 0.25) is 5.02 Å². The van der Waals surface area contributed by atoms with Crippen LogP contribution in [0.25, 0.3) is 10.6 Å². The van der Waals surface area contributed by atoms with Gasteiger partial charge < -0.3 is 5.32 Å². The molecule has 1 N–H and O–H groups in total. The van der Waals surface area contributed by atoms with Crippen molar-refractivity contribution >= 4 is 22.9 Å². The lowest BCUT2D eigenvalue weighted by molar-refractivity contribution is 0.553. The van der Waals surface area contributed by atoms with Crippen molar-refractivity contribution in [1.82, 2.24) is 15.5 Å². The number of nitrogens with zero attached hydrogens (tertiary/aromatic N) is 2. The highest BCUT2D eigenvalue weighted by Gasteiger charge is 2.08.